The van der Waals surface area contributed by atoms with E-state index < -0.39 is 10.0 Å². The van der Waals surface area contributed by atoms with Crippen LogP contribution in [0.5, 0.6) is 11.5 Å². The van der Waals surface area contributed by atoms with Gasteiger partial charge in [-0.25, -0.2) is 8.42 Å². The summed E-state index contributed by atoms with van der Waals surface area (Å²) >= 11 is 0. The highest BCUT2D eigenvalue weighted by Crippen LogP contribution is 2.44. The van der Waals surface area contributed by atoms with Crippen LogP contribution < -0.4 is 19.3 Å². The third kappa shape index (κ3) is 5.55. The highest BCUT2D eigenvalue weighted by atomic mass is 32.2. The summed E-state index contributed by atoms with van der Waals surface area (Å²) in [6.07, 6.45) is 2.69. The number of hydrogen-bond donors (Lipinski definition) is 0. The fraction of sp³-hybridized carbons (Fsp3) is 0.379. The summed E-state index contributed by atoms with van der Waals surface area (Å²) < 4.78 is 41.6. The highest BCUT2D eigenvalue weighted by Gasteiger charge is 2.40. The molecule has 0 radical (unpaired) electrons. The zero-order valence-electron chi connectivity index (χ0n) is 22.3. The van der Waals surface area contributed by atoms with E-state index in [1.165, 1.54) is 0 Å². The average Bonchev–Trinajstić information content (AvgIpc) is 3.00. The van der Waals surface area contributed by atoms with E-state index in [-0.39, 0.29) is 17.5 Å². The molecule has 7 nitrogen and oxygen atoms in total. The Morgan fingerprint density at radius 2 is 1.68 bits per heavy atom. The number of anilines is 3. The quantitative estimate of drug-likeness (QED) is 0.360. The van der Waals surface area contributed by atoms with Crippen LogP contribution in [0.1, 0.15) is 31.7 Å². The molecular weight excluding hydrogens is 486 g/mol. The minimum Gasteiger partial charge on any atom is -0.497 e. The van der Waals surface area contributed by atoms with E-state index in [9.17, 15) is 8.42 Å². The summed E-state index contributed by atoms with van der Waals surface area (Å²) in [5, 5.41) is 0. The van der Waals surface area contributed by atoms with Gasteiger partial charge in [-0.3, -0.25) is 0 Å². The molecule has 0 saturated heterocycles. The smallest absolute Gasteiger partial charge is 0.245 e. The van der Waals surface area contributed by atoms with Gasteiger partial charge in [0.05, 0.1) is 25.6 Å². The maximum absolute atomic E-state index is 14.5. The van der Waals surface area contributed by atoms with Gasteiger partial charge in [0.15, 0.2) is 0 Å². The Morgan fingerprint density at radius 1 is 0.973 bits per heavy atom. The van der Waals surface area contributed by atoms with Gasteiger partial charge in [-0.2, -0.15) is 4.31 Å². The van der Waals surface area contributed by atoms with E-state index in [1.807, 2.05) is 79.7 Å². The van der Waals surface area contributed by atoms with Crippen molar-refractivity contribution < 1.29 is 17.9 Å². The van der Waals surface area contributed by atoms with Gasteiger partial charge in [0.1, 0.15) is 16.4 Å². The van der Waals surface area contributed by atoms with Gasteiger partial charge < -0.3 is 19.3 Å². The Bertz CT molecular complexity index is 1290. The molecular formula is C29H37N3O4S. The fourth-order valence-corrected chi connectivity index (χ4v) is 6.67. The lowest BCUT2D eigenvalue weighted by atomic mass is 10.1. The Kier molecular flexibility index (Phi) is 8.29. The van der Waals surface area contributed by atoms with E-state index in [1.54, 1.807) is 24.6 Å². The number of hydrogen-bond acceptors (Lipinski definition) is 6. The fourth-order valence-electron chi connectivity index (χ4n) is 4.84. The lowest BCUT2D eigenvalue weighted by Crippen LogP contribution is -2.43. The molecule has 0 aliphatic carbocycles. The van der Waals surface area contributed by atoms with E-state index in [4.69, 9.17) is 9.47 Å². The summed E-state index contributed by atoms with van der Waals surface area (Å²) in [6.45, 7) is 2.96. The largest absolute Gasteiger partial charge is 0.497 e. The first-order valence-electron chi connectivity index (χ1n) is 12.7. The molecule has 0 N–H and O–H groups in total. The molecule has 37 heavy (non-hydrogen) atoms. The number of rotatable bonds is 9. The van der Waals surface area contributed by atoms with Crippen LogP contribution in [0, 0.1) is 0 Å². The summed E-state index contributed by atoms with van der Waals surface area (Å²) in [6, 6.07) is 21.0. The van der Waals surface area contributed by atoms with Crippen LogP contribution in [0.2, 0.25) is 0 Å². The van der Waals surface area contributed by atoms with E-state index >= 15 is 0 Å². The number of para-hydroxylation sites is 1. The Morgan fingerprint density at radius 3 is 2.27 bits per heavy atom. The maximum Gasteiger partial charge on any atom is 0.245 e. The van der Waals surface area contributed by atoms with Gasteiger partial charge in [0, 0.05) is 45.0 Å². The van der Waals surface area contributed by atoms with E-state index in [2.05, 4.69) is 11.8 Å². The van der Waals surface area contributed by atoms with Gasteiger partial charge in [-0.05, 0) is 42.3 Å². The van der Waals surface area contributed by atoms with Crippen molar-refractivity contribution in [3.63, 3.8) is 0 Å². The zero-order chi connectivity index (χ0) is 26.6. The second-order valence-electron chi connectivity index (χ2n) is 9.53. The molecule has 3 aromatic carbocycles. The molecule has 8 heteroatoms. The Labute approximate surface area is 221 Å². The van der Waals surface area contributed by atoms with E-state index in [0.717, 1.165) is 42.0 Å². The molecule has 0 spiro atoms. The molecule has 1 aliphatic heterocycles. The standard InChI is InChI=1S/C29H37N3O4S/c1-6-7-11-24-21-31(23-12-9-8-10-13-23)27-18-26(30(2)3)28(36-5)19-29(27)37(33,34)32(24)20-22-14-16-25(35-4)17-15-22/h8-10,12-19,24H,6-7,11,20-21H2,1-5H3. The molecule has 1 atom stereocenters. The van der Waals surface area contributed by atoms with Crippen LogP contribution in [-0.2, 0) is 16.6 Å². The summed E-state index contributed by atoms with van der Waals surface area (Å²) in [5.74, 6) is 1.27. The van der Waals surface area contributed by atoms with Gasteiger partial charge in [0.2, 0.25) is 10.0 Å². The maximum atomic E-state index is 14.5. The molecule has 1 aliphatic rings. The van der Waals surface area contributed by atoms with Gasteiger partial charge in [-0.1, -0.05) is 50.1 Å². The molecule has 198 valence electrons. The second kappa shape index (κ2) is 11.4. The first-order chi connectivity index (χ1) is 17.8. The Hall–Kier alpha value is -3.23. The minimum atomic E-state index is -3.87. The van der Waals surface area contributed by atoms with Crippen molar-refractivity contribution in [3.05, 3.63) is 72.3 Å². The second-order valence-corrected chi connectivity index (χ2v) is 11.4. The average molecular weight is 524 g/mol. The van der Waals surface area contributed by atoms with Crippen LogP contribution >= 0.6 is 0 Å². The molecule has 0 fully saturated rings. The van der Waals surface area contributed by atoms with Gasteiger partial charge >= 0.3 is 0 Å². The number of ether oxygens (including phenoxy) is 2. The molecule has 0 aromatic heterocycles. The molecule has 1 heterocycles. The van der Waals surface area contributed by atoms with E-state index in [0.29, 0.717) is 18.0 Å². The lowest BCUT2D eigenvalue weighted by Gasteiger charge is -2.32. The van der Waals surface area contributed by atoms with Crippen molar-refractivity contribution in [2.45, 2.75) is 43.7 Å². The number of sulfonamides is 1. The van der Waals surface area contributed by atoms with Crippen LogP contribution in [0.25, 0.3) is 0 Å². The third-order valence-electron chi connectivity index (χ3n) is 6.88. The van der Waals surface area contributed by atoms with Crippen LogP contribution in [-0.4, -0.2) is 53.6 Å². The topological polar surface area (TPSA) is 62.3 Å². The number of benzene rings is 3. The highest BCUT2D eigenvalue weighted by molar-refractivity contribution is 7.89. The predicted octanol–water partition coefficient (Wildman–Crippen LogP) is 5.67. The first-order valence-corrected chi connectivity index (χ1v) is 14.1. The van der Waals surface area contributed by atoms with Crippen molar-refractivity contribution in [2.24, 2.45) is 0 Å². The molecule has 0 saturated carbocycles. The number of methoxy groups -OCH3 is 2. The van der Waals surface area contributed by atoms with Crippen molar-refractivity contribution in [1.29, 1.82) is 0 Å². The molecule has 0 bridgehead atoms. The van der Waals surface area contributed by atoms with Crippen molar-refractivity contribution in [2.75, 3.05) is 44.7 Å². The monoisotopic (exact) mass is 523 g/mol. The molecule has 1 unspecified atom stereocenters. The molecule has 0 amide bonds. The van der Waals surface area contributed by atoms with Crippen molar-refractivity contribution in [1.82, 2.24) is 4.31 Å². The third-order valence-corrected chi connectivity index (χ3v) is 8.80. The SMILES string of the molecule is CCCCC1CN(c2ccccc2)c2cc(N(C)C)c(OC)cc2S(=O)(=O)N1Cc1ccc(OC)cc1. The normalized spacial score (nSPS) is 17.1. The number of fused-ring (bicyclic) bond motifs is 1. The summed E-state index contributed by atoms with van der Waals surface area (Å²) in [4.78, 5) is 4.35. The zero-order valence-corrected chi connectivity index (χ0v) is 23.2. The molecule has 3 aromatic rings. The lowest BCUT2D eigenvalue weighted by molar-refractivity contribution is 0.300. The van der Waals surface area contributed by atoms with Crippen LogP contribution in [0.4, 0.5) is 17.1 Å². The van der Waals surface area contributed by atoms with Crippen LogP contribution in [0.3, 0.4) is 0 Å². The minimum absolute atomic E-state index is 0.214. The van der Waals surface area contributed by atoms with Crippen LogP contribution in [0.15, 0.2) is 71.6 Å². The number of unbranched alkanes of at least 4 members (excludes halogenated alkanes) is 1. The Balaban J connectivity index is 1.92. The van der Waals surface area contributed by atoms with Gasteiger partial charge in [0.25, 0.3) is 0 Å². The summed E-state index contributed by atoms with van der Waals surface area (Å²) in [7, 11) is 3.20. The summed E-state index contributed by atoms with van der Waals surface area (Å²) in [5.41, 5.74) is 3.36. The van der Waals surface area contributed by atoms with Crippen molar-refractivity contribution in [3.8, 4) is 11.5 Å². The predicted molar refractivity (Wildman–Crippen MR) is 150 cm³/mol. The van der Waals surface area contributed by atoms with Gasteiger partial charge in [-0.15, -0.1) is 0 Å². The molecule has 4 rings (SSSR count). The number of nitrogens with zero attached hydrogens (tertiary/aromatic N) is 3. The first kappa shape index (κ1) is 26.8. The van der Waals surface area contributed by atoms with Crippen molar-refractivity contribution >= 4 is 27.1 Å².